The molecule has 1 saturated heterocycles. The van der Waals surface area contributed by atoms with Gasteiger partial charge in [0.05, 0.1) is 18.8 Å². The molecule has 0 bridgehead atoms. The summed E-state index contributed by atoms with van der Waals surface area (Å²) >= 11 is 0. The summed E-state index contributed by atoms with van der Waals surface area (Å²) in [6.07, 6.45) is 1.35. The van der Waals surface area contributed by atoms with E-state index in [1.54, 1.807) is 12.1 Å². The van der Waals surface area contributed by atoms with Crippen LogP contribution in [0.25, 0.3) is 0 Å². The van der Waals surface area contributed by atoms with E-state index in [0.717, 1.165) is 38.4 Å². The van der Waals surface area contributed by atoms with Gasteiger partial charge in [0.15, 0.2) is 0 Å². The molecule has 1 aromatic rings. The molecule has 1 heterocycles. The van der Waals surface area contributed by atoms with Crippen LogP contribution < -0.4 is 0 Å². The Bertz CT molecular complexity index is 429. The minimum absolute atomic E-state index is 0.265. The van der Waals surface area contributed by atoms with E-state index in [1.807, 2.05) is 0 Å². The Morgan fingerprint density at radius 3 is 2.43 bits per heavy atom. The number of hydrogen-bond acceptors (Lipinski definition) is 3. The maximum absolute atomic E-state index is 13.1. The fourth-order valence-corrected chi connectivity index (χ4v) is 2.97. The maximum atomic E-state index is 13.1. The third kappa shape index (κ3) is 4.77. The lowest BCUT2D eigenvalue weighted by atomic mass is 9.83. The standard InChI is InChI=1S/C17H26FNO2/c1-14(2)13-17(20,15-3-5-16(18)6-4-15)7-8-19-9-11-21-12-10-19/h3-6,14,20H,7-13H2,1-2H3. The highest BCUT2D eigenvalue weighted by molar-refractivity contribution is 5.23. The van der Waals surface area contributed by atoms with Gasteiger partial charge in [-0.3, -0.25) is 4.90 Å². The van der Waals surface area contributed by atoms with Gasteiger partial charge in [-0.05, 0) is 36.5 Å². The SMILES string of the molecule is CC(C)CC(O)(CCN1CCOCC1)c1ccc(F)cc1. The number of benzene rings is 1. The summed E-state index contributed by atoms with van der Waals surface area (Å²) in [5.74, 6) is 0.114. The molecule has 3 nitrogen and oxygen atoms in total. The van der Waals surface area contributed by atoms with Crippen LogP contribution in [0.1, 0.15) is 32.3 Å². The van der Waals surface area contributed by atoms with E-state index in [-0.39, 0.29) is 5.82 Å². The zero-order chi connectivity index (χ0) is 15.3. The summed E-state index contributed by atoms with van der Waals surface area (Å²) in [5, 5.41) is 11.1. The lowest BCUT2D eigenvalue weighted by Crippen LogP contribution is -2.40. The highest BCUT2D eigenvalue weighted by Gasteiger charge is 2.31. The first-order valence-electron chi connectivity index (χ1n) is 7.78. The molecule has 1 N–H and O–H groups in total. The van der Waals surface area contributed by atoms with E-state index in [1.165, 1.54) is 12.1 Å². The highest BCUT2D eigenvalue weighted by Crippen LogP contribution is 2.32. The lowest BCUT2D eigenvalue weighted by molar-refractivity contribution is -0.0172. The van der Waals surface area contributed by atoms with Crippen molar-refractivity contribution in [1.82, 2.24) is 4.90 Å². The molecule has 1 aliphatic rings. The van der Waals surface area contributed by atoms with Crippen molar-refractivity contribution >= 4 is 0 Å². The average molecular weight is 295 g/mol. The fourth-order valence-electron chi connectivity index (χ4n) is 2.97. The summed E-state index contributed by atoms with van der Waals surface area (Å²) in [6.45, 7) is 8.40. The molecule has 1 aromatic carbocycles. The molecular weight excluding hydrogens is 269 g/mol. The van der Waals surface area contributed by atoms with Crippen LogP contribution in [0.2, 0.25) is 0 Å². The Labute approximate surface area is 126 Å². The number of rotatable bonds is 6. The van der Waals surface area contributed by atoms with Crippen molar-refractivity contribution in [2.75, 3.05) is 32.8 Å². The molecule has 21 heavy (non-hydrogen) atoms. The second-order valence-electron chi connectivity index (χ2n) is 6.34. The van der Waals surface area contributed by atoms with Crippen LogP contribution in [0.5, 0.6) is 0 Å². The van der Waals surface area contributed by atoms with Gasteiger partial charge in [0.1, 0.15) is 5.82 Å². The molecule has 1 unspecified atom stereocenters. The van der Waals surface area contributed by atoms with E-state index < -0.39 is 5.60 Å². The smallest absolute Gasteiger partial charge is 0.123 e. The normalized spacial score (nSPS) is 19.7. The summed E-state index contributed by atoms with van der Waals surface area (Å²) in [7, 11) is 0. The van der Waals surface area contributed by atoms with Gasteiger partial charge < -0.3 is 9.84 Å². The summed E-state index contributed by atoms with van der Waals surface area (Å²) < 4.78 is 18.5. The molecule has 1 fully saturated rings. The molecule has 0 spiro atoms. The van der Waals surface area contributed by atoms with Gasteiger partial charge in [-0.2, -0.15) is 0 Å². The van der Waals surface area contributed by atoms with E-state index in [2.05, 4.69) is 18.7 Å². The Morgan fingerprint density at radius 1 is 1.24 bits per heavy atom. The second kappa shape index (κ2) is 7.34. The van der Waals surface area contributed by atoms with E-state index >= 15 is 0 Å². The topological polar surface area (TPSA) is 32.7 Å². The first-order chi connectivity index (χ1) is 9.99. The van der Waals surface area contributed by atoms with Gasteiger partial charge >= 0.3 is 0 Å². The van der Waals surface area contributed by atoms with Gasteiger partial charge in [0.2, 0.25) is 0 Å². The number of aliphatic hydroxyl groups is 1. The van der Waals surface area contributed by atoms with Crippen LogP contribution in [0.15, 0.2) is 24.3 Å². The van der Waals surface area contributed by atoms with Gasteiger partial charge in [-0.15, -0.1) is 0 Å². The van der Waals surface area contributed by atoms with Crippen molar-refractivity contribution in [3.8, 4) is 0 Å². The van der Waals surface area contributed by atoms with Crippen molar-refractivity contribution < 1.29 is 14.2 Å². The minimum Gasteiger partial charge on any atom is -0.385 e. The van der Waals surface area contributed by atoms with E-state index in [9.17, 15) is 9.50 Å². The van der Waals surface area contributed by atoms with Crippen molar-refractivity contribution in [2.45, 2.75) is 32.3 Å². The number of halogens is 1. The third-order valence-corrected chi connectivity index (χ3v) is 4.07. The predicted molar refractivity (Wildman–Crippen MR) is 81.6 cm³/mol. The van der Waals surface area contributed by atoms with Crippen LogP contribution in [-0.4, -0.2) is 42.9 Å². The Kier molecular flexibility index (Phi) is 5.73. The van der Waals surface area contributed by atoms with Gasteiger partial charge in [0.25, 0.3) is 0 Å². The van der Waals surface area contributed by atoms with Gasteiger partial charge in [-0.25, -0.2) is 4.39 Å². The molecular formula is C17H26FNO2. The molecule has 1 atom stereocenters. The van der Waals surface area contributed by atoms with Crippen molar-refractivity contribution in [3.05, 3.63) is 35.6 Å². The maximum Gasteiger partial charge on any atom is 0.123 e. The number of ether oxygens (including phenoxy) is 1. The summed E-state index contributed by atoms with van der Waals surface area (Å²) in [6, 6.07) is 6.26. The molecule has 0 aromatic heterocycles. The molecule has 0 amide bonds. The highest BCUT2D eigenvalue weighted by atomic mass is 19.1. The zero-order valence-electron chi connectivity index (χ0n) is 13.0. The van der Waals surface area contributed by atoms with Crippen LogP contribution in [0, 0.1) is 11.7 Å². The number of nitrogens with zero attached hydrogens (tertiary/aromatic N) is 1. The molecule has 118 valence electrons. The molecule has 0 radical (unpaired) electrons. The zero-order valence-corrected chi connectivity index (χ0v) is 13.0. The molecule has 4 heteroatoms. The van der Waals surface area contributed by atoms with Crippen LogP contribution in [-0.2, 0) is 10.3 Å². The van der Waals surface area contributed by atoms with Crippen LogP contribution >= 0.6 is 0 Å². The van der Waals surface area contributed by atoms with Crippen molar-refractivity contribution in [1.29, 1.82) is 0 Å². The Hall–Kier alpha value is -0.970. The Morgan fingerprint density at radius 2 is 1.86 bits per heavy atom. The van der Waals surface area contributed by atoms with Crippen LogP contribution in [0.3, 0.4) is 0 Å². The second-order valence-corrected chi connectivity index (χ2v) is 6.34. The first kappa shape index (κ1) is 16.4. The lowest BCUT2D eigenvalue weighted by Gasteiger charge is -2.34. The largest absolute Gasteiger partial charge is 0.385 e. The molecule has 2 rings (SSSR count). The Balaban J connectivity index is 2.06. The average Bonchev–Trinajstić information content (AvgIpc) is 2.46. The van der Waals surface area contributed by atoms with Crippen molar-refractivity contribution in [3.63, 3.8) is 0 Å². The number of hydrogen-bond donors (Lipinski definition) is 1. The predicted octanol–water partition coefficient (Wildman–Crippen LogP) is 2.78. The molecule has 1 aliphatic heterocycles. The summed E-state index contributed by atoms with van der Waals surface area (Å²) in [5.41, 5.74) is -0.0777. The number of morpholine rings is 1. The fraction of sp³-hybridized carbons (Fsp3) is 0.647. The molecule has 0 aliphatic carbocycles. The van der Waals surface area contributed by atoms with Crippen LogP contribution in [0.4, 0.5) is 4.39 Å². The van der Waals surface area contributed by atoms with E-state index in [4.69, 9.17) is 4.74 Å². The van der Waals surface area contributed by atoms with Gasteiger partial charge in [-0.1, -0.05) is 26.0 Å². The quantitative estimate of drug-likeness (QED) is 0.876. The first-order valence-corrected chi connectivity index (χ1v) is 7.78. The van der Waals surface area contributed by atoms with Gasteiger partial charge in [0, 0.05) is 19.6 Å². The minimum atomic E-state index is -0.889. The van der Waals surface area contributed by atoms with E-state index in [0.29, 0.717) is 18.8 Å². The summed E-state index contributed by atoms with van der Waals surface area (Å²) in [4.78, 5) is 2.32. The monoisotopic (exact) mass is 295 g/mol. The molecule has 0 saturated carbocycles. The van der Waals surface area contributed by atoms with Crippen molar-refractivity contribution in [2.24, 2.45) is 5.92 Å². The third-order valence-electron chi connectivity index (χ3n) is 4.07.